The summed E-state index contributed by atoms with van der Waals surface area (Å²) in [6.07, 6.45) is 0.130. The van der Waals surface area contributed by atoms with E-state index in [1.165, 1.54) is 36.2 Å². The summed E-state index contributed by atoms with van der Waals surface area (Å²) in [6.45, 7) is -0.865. The van der Waals surface area contributed by atoms with Crippen molar-refractivity contribution in [3.05, 3.63) is 129 Å². The fourth-order valence-electron chi connectivity index (χ4n) is 4.44. The molecule has 0 spiro atoms. The Labute approximate surface area is 264 Å². The number of anilines is 1. The van der Waals surface area contributed by atoms with Gasteiger partial charge in [-0.15, -0.1) is 0 Å². The van der Waals surface area contributed by atoms with Gasteiger partial charge in [-0.05, 0) is 53.6 Å². The van der Waals surface area contributed by atoms with Crippen molar-refractivity contribution in [2.75, 3.05) is 17.9 Å². The van der Waals surface area contributed by atoms with E-state index in [1.807, 2.05) is 30.3 Å². The molecular weight excluding hydrogens is 636 g/mol. The largest absolute Gasteiger partial charge is 0.357 e. The number of carbonyl (C=O) groups is 2. The number of halogens is 4. The van der Waals surface area contributed by atoms with Gasteiger partial charge in [-0.2, -0.15) is 0 Å². The summed E-state index contributed by atoms with van der Waals surface area (Å²) in [5, 5.41) is 2.93. The van der Waals surface area contributed by atoms with Crippen molar-refractivity contribution in [1.29, 1.82) is 0 Å². The molecule has 43 heavy (non-hydrogen) atoms. The van der Waals surface area contributed by atoms with Gasteiger partial charge < -0.3 is 10.2 Å². The van der Waals surface area contributed by atoms with Crippen LogP contribution in [0.4, 0.5) is 10.1 Å². The molecule has 0 fully saturated rings. The van der Waals surface area contributed by atoms with E-state index in [0.29, 0.717) is 10.6 Å². The highest BCUT2D eigenvalue weighted by Crippen LogP contribution is 2.29. The minimum absolute atomic E-state index is 0.0346. The number of likely N-dealkylation sites (N-methyl/N-ethyl adjacent to an activating group) is 1. The first-order chi connectivity index (χ1) is 20.5. The molecule has 0 saturated heterocycles. The third kappa shape index (κ3) is 7.86. The Morgan fingerprint density at radius 2 is 1.51 bits per heavy atom. The third-order valence-electron chi connectivity index (χ3n) is 6.67. The first-order valence-electron chi connectivity index (χ1n) is 13.0. The zero-order valence-corrected chi connectivity index (χ0v) is 26.0. The molecule has 1 unspecified atom stereocenters. The van der Waals surface area contributed by atoms with Gasteiger partial charge in [0.15, 0.2) is 0 Å². The minimum atomic E-state index is -4.35. The Morgan fingerprint density at radius 1 is 0.860 bits per heavy atom. The van der Waals surface area contributed by atoms with Crippen molar-refractivity contribution in [2.45, 2.75) is 23.9 Å². The molecule has 4 aromatic rings. The van der Waals surface area contributed by atoms with Crippen LogP contribution in [0.1, 0.15) is 11.1 Å². The smallest absolute Gasteiger partial charge is 0.264 e. The van der Waals surface area contributed by atoms with Crippen LogP contribution in [0, 0.1) is 5.82 Å². The summed E-state index contributed by atoms with van der Waals surface area (Å²) >= 11 is 18.6. The summed E-state index contributed by atoms with van der Waals surface area (Å²) in [4.78, 5) is 28.7. The van der Waals surface area contributed by atoms with Gasteiger partial charge in [0.2, 0.25) is 11.8 Å². The Hall–Kier alpha value is -3.63. The number of hydrogen-bond donors (Lipinski definition) is 1. The van der Waals surface area contributed by atoms with E-state index in [1.54, 1.807) is 30.3 Å². The topological polar surface area (TPSA) is 86.8 Å². The number of rotatable bonds is 11. The van der Waals surface area contributed by atoms with Crippen LogP contribution < -0.4 is 9.62 Å². The maximum Gasteiger partial charge on any atom is 0.264 e. The normalized spacial score (nSPS) is 11.9. The number of amides is 2. The number of benzene rings is 4. The van der Waals surface area contributed by atoms with Crippen molar-refractivity contribution in [1.82, 2.24) is 10.2 Å². The molecule has 4 rings (SSSR count). The lowest BCUT2D eigenvalue weighted by Crippen LogP contribution is -2.53. The predicted octanol–water partition coefficient (Wildman–Crippen LogP) is 6.37. The quantitative estimate of drug-likeness (QED) is 0.202. The molecule has 0 aliphatic rings. The average Bonchev–Trinajstić information content (AvgIpc) is 3.00. The summed E-state index contributed by atoms with van der Waals surface area (Å²) in [5.41, 5.74) is 1.23. The van der Waals surface area contributed by atoms with Crippen molar-refractivity contribution < 1.29 is 22.4 Å². The summed E-state index contributed by atoms with van der Waals surface area (Å²) in [6, 6.07) is 23.6. The lowest BCUT2D eigenvalue weighted by atomic mass is 10.0. The second-order valence-electron chi connectivity index (χ2n) is 9.50. The second kappa shape index (κ2) is 14.2. The Bertz CT molecular complexity index is 1710. The fourth-order valence-corrected chi connectivity index (χ4v) is 6.51. The number of nitrogens with zero attached hydrogens (tertiary/aromatic N) is 2. The minimum Gasteiger partial charge on any atom is -0.357 e. The molecular formula is C31H27Cl3FN3O4S. The molecule has 1 N–H and O–H groups in total. The van der Waals surface area contributed by atoms with Crippen LogP contribution in [0.3, 0.4) is 0 Å². The fraction of sp³-hybridized carbons (Fsp3) is 0.161. The molecule has 7 nitrogen and oxygen atoms in total. The van der Waals surface area contributed by atoms with Gasteiger partial charge in [0.25, 0.3) is 10.0 Å². The van der Waals surface area contributed by atoms with Gasteiger partial charge >= 0.3 is 0 Å². The van der Waals surface area contributed by atoms with Gasteiger partial charge in [0.1, 0.15) is 18.4 Å². The van der Waals surface area contributed by atoms with E-state index in [9.17, 15) is 22.4 Å². The molecule has 224 valence electrons. The molecule has 0 aromatic heterocycles. The average molecular weight is 663 g/mol. The summed E-state index contributed by atoms with van der Waals surface area (Å²) < 4.78 is 42.7. The molecule has 0 saturated carbocycles. The molecule has 0 radical (unpaired) electrons. The third-order valence-corrected chi connectivity index (χ3v) is 9.34. The summed E-state index contributed by atoms with van der Waals surface area (Å²) in [5.74, 6) is -1.93. The molecule has 0 aliphatic heterocycles. The predicted molar refractivity (Wildman–Crippen MR) is 167 cm³/mol. The van der Waals surface area contributed by atoms with Gasteiger partial charge in [-0.3, -0.25) is 13.9 Å². The molecule has 4 aromatic carbocycles. The Morgan fingerprint density at radius 3 is 2.12 bits per heavy atom. The van der Waals surface area contributed by atoms with Gasteiger partial charge in [0.05, 0.1) is 15.6 Å². The number of nitrogens with one attached hydrogen (secondary N) is 1. The highest BCUT2D eigenvalue weighted by Gasteiger charge is 2.34. The molecule has 0 heterocycles. The van der Waals surface area contributed by atoms with E-state index < -0.39 is 40.2 Å². The van der Waals surface area contributed by atoms with Crippen LogP contribution in [-0.2, 0) is 32.6 Å². The zero-order valence-electron chi connectivity index (χ0n) is 22.9. The number of hydrogen-bond acceptors (Lipinski definition) is 4. The maximum atomic E-state index is 14.3. The SMILES string of the molecule is CNC(=O)C(Cc1ccccc1)N(Cc1ccc(Cl)cc1Cl)C(=O)CN(c1ccc(F)c(Cl)c1)S(=O)(=O)c1ccccc1. The van der Waals surface area contributed by atoms with Gasteiger partial charge in [0, 0.05) is 30.1 Å². The van der Waals surface area contributed by atoms with Gasteiger partial charge in [-0.25, -0.2) is 12.8 Å². The number of carbonyl (C=O) groups excluding carboxylic acids is 2. The van der Waals surface area contributed by atoms with Crippen LogP contribution in [0.5, 0.6) is 0 Å². The van der Waals surface area contributed by atoms with E-state index >= 15 is 0 Å². The van der Waals surface area contributed by atoms with Gasteiger partial charge in [-0.1, -0.05) is 89.4 Å². The monoisotopic (exact) mass is 661 g/mol. The van der Waals surface area contributed by atoms with Crippen LogP contribution in [0.2, 0.25) is 15.1 Å². The number of sulfonamides is 1. The van der Waals surface area contributed by atoms with Crippen LogP contribution in [0.25, 0.3) is 0 Å². The van der Waals surface area contributed by atoms with Crippen molar-refractivity contribution in [2.24, 2.45) is 0 Å². The second-order valence-corrected chi connectivity index (χ2v) is 12.6. The van der Waals surface area contributed by atoms with E-state index in [2.05, 4.69) is 5.32 Å². The summed E-state index contributed by atoms with van der Waals surface area (Å²) in [7, 11) is -2.90. The first kappa shape index (κ1) is 32.3. The highest BCUT2D eigenvalue weighted by molar-refractivity contribution is 7.92. The maximum absolute atomic E-state index is 14.3. The van der Waals surface area contributed by atoms with Crippen molar-refractivity contribution in [3.63, 3.8) is 0 Å². The lowest BCUT2D eigenvalue weighted by Gasteiger charge is -2.33. The highest BCUT2D eigenvalue weighted by atomic mass is 35.5. The molecule has 1 atom stereocenters. The first-order valence-corrected chi connectivity index (χ1v) is 15.6. The van der Waals surface area contributed by atoms with E-state index in [-0.39, 0.29) is 33.6 Å². The van der Waals surface area contributed by atoms with Crippen LogP contribution in [-0.4, -0.2) is 44.8 Å². The molecule has 0 bridgehead atoms. The zero-order chi connectivity index (χ0) is 31.1. The van der Waals surface area contributed by atoms with Crippen LogP contribution in [0.15, 0.2) is 102 Å². The van der Waals surface area contributed by atoms with Crippen LogP contribution >= 0.6 is 34.8 Å². The Kier molecular flexibility index (Phi) is 10.7. The van der Waals surface area contributed by atoms with Crippen molar-refractivity contribution in [3.8, 4) is 0 Å². The molecule has 12 heteroatoms. The standard InChI is InChI=1S/C31H27Cl3FN3O4S/c1-36-31(40)29(16-21-8-4-2-5-9-21)37(19-22-12-13-23(32)17-26(22)33)30(39)20-38(24-14-15-28(35)27(34)18-24)43(41,42)25-10-6-3-7-11-25/h2-15,17-18,29H,16,19-20H2,1H3,(H,36,40). The molecule has 2 amide bonds. The molecule has 0 aliphatic carbocycles. The van der Waals surface area contributed by atoms with E-state index in [4.69, 9.17) is 34.8 Å². The lowest BCUT2D eigenvalue weighted by molar-refractivity contribution is -0.139. The van der Waals surface area contributed by atoms with E-state index in [0.717, 1.165) is 22.0 Å². The Balaban J connectivity index is 1.82. The van der Waals surface area contributed by atoms with Crippen molar-refractivity contribution >= 4 is 62.3 Å².